The Balaban J connectivity index is 1.95. The molecular formula is C15H19F4N3O. The van der Waals surface area contributed by atoms with Gasteiger partial charge >= 0.3 is 0 Å². The molecule has 0 aliphatic heterocycles. The van der Waals surface area contributed by atoms with Crippen molar-refractivity contribution in [1.82, 2.24) is 10.3 Å². The number of hydrogen-bond acceptors (Lipinski definition) is 3. The standard InChI is InChI=1S/C15H19F4N3O/c1-8(13-11(17)6-10(16)7-21-13)22-14(23)12(20)9-2-4-15(18,19)5-3-9/h6-9,12H,2-5,20H2,1H3,(H,22,23)/t8-,12+/m0/s1. The number of rotatable bonds is 4. The molecule has 8 heteroatoms. The molecule has 1 saturated carbocycles. The molecule has 0 unspecified atom stereocenters. The molecule has 1 aromatic heterocycles. The van der Waals surface area contributed by atoms with Crippen LogP contribution in [0.25, 0.3) is 0 Å². The number of hydrogen-bond donors (Lipinski definition) is 2. The van der Waals surface area contributed by atoms with Gasteiger partial charge in [0, 0.05) is 18.9 Å². The maximum Gasteiger partial charge on any atom is 0.248 e. The Hall–Kier alpha value is -1.70. The molecule has 1 fully saturated rings. The quantitative estimate of drug-likeness (QED) is 0.833. The second-order valence-corrected chi connectivity index (χ2v) is 5.97. The first-order chi connectivity index (χ1) is 10.7. The van der Waals surface area contributed by atoms with Gasteiger partial charge in [0.1, 0.15) is 11.6 Å². The molecule has 1 aromatic rings. The summed E-state index contributed by atoms with van der Waals surface area (Å²) in [4.78, 5) is 15.7. The van der Waals surface area contributed by atoms with Crippen LogP contribution in [0.15, 0.2) is 12.3 Å². The third kappa shape index (κ3) is 4.40. The van der Waals surface area contributed by atoms with E-state index in [4.69, 9.17) is 5.73 Å². The second-order valence-electron chi connectivity index (χ2n) is 5.97. The van der Waals surface area contributed by atoms with Crippen molar-refractivity contribution < 1.29 is 22.4 Å². The van der Waals surface area contributed by atoms with Gasteiger partial charge in [-0.3, -0.25) is 9.78 Å². The van der Waals surface area contributed by atoms with Crippen molar-refractivity contribution in [3.8, 4) is 0 Å². The van der Waals surface area contributed by atoms with E-state index in [1.54, 1.807) is 0 Å². The Morgan fingerprint density at radius 1 is 1.39 bits per heavy atom. The van der Waals surface area contributed by atoms with E-state index in [0.717, 1.165) is 6.20 Å². The molecular weight excluding hydrogens is 314 g/mol. The first kappa shape index (κ1) is 17.7. The Bertz CT molecular complexity index is 572. The van der Waals surface area contributed by atoms with Crippen LogP contribution in [0.4, 0.5) is 17.6 Å². The summed E-state index contributed by atoms with van der Waals surface area (Å²) in [6, 6.07) is -1.08. The zero-order valence-corrected chi connectivity index (χ0v) is 12.7. The van der Waals surface area contributed by atoms with E-state index in [-0.39, 0.29) is 37.3 Å². The van der Waals surface area contributed by atoms with Crippen LogP contribution in [0, 0.1) is 17.6 Å². The number of alkyl halides is 2. The van der Waals surface area contributed by atoms with E-state index in [0.29, 0.717) is 6.07 Å². The normalized spacial score (nSPS) is 20.8. The summed E-state index contributed by atoms with van der Waals surface area (Å²) in [7, 11) is 0. The average Bonchev–Trinajstić information content (AvgIpc) is 2.46. The summed E-state index contributed by atoms with van der Waals surface area (Å²) >= 11 is 0. The first-order valence-electron chi connectivity index (χ1n) is 7.44. The number of nitrogens with two attached hydrogens (primary N) is 1. The largest absolute Gasteiger partial charge is 0.347 e. The summed E-state index contributed by atoms with van der Waals surface area (Å²) in [6.45, 7) is 1.49. The average molecular weight is 333 g/mol. The van der Waals surface area contributed by atoms with Crippen LogP contribution in [0.5, 0.6) is 0 Å². The maximum absolute atomic E-state index is 13.6. The molecule has 23 heavy (non-hydrogen) atoms. The molecule has 3 N–H and O–H groups in total. The van der Waals surface area contributed by atoms with Gasteiger partial charge in [-0.25, -0.2) is 17.6 Å². The minimum Gasteiger partial charge on any atom is -0.347 e. The fourth-order valence-corrected chi connectivity index (χ4v) is 2.76. The highest BCUT2D eigenvalue weighted by Crippen LogP contribution is 2.37. The summed E-state index contributed by atoms with van der Waals surface area (Å²) in [6.07, 6.45) is 0.604. The lowest BCUT2D eigenvalue weighted by atomic mass is 9.82. The molecule has 0 radical (unpaired) electrons. The molecule has 1 aliphatic rings. The van der Waals surface area contributed by atoms with Gasteiger partial charge in [-0.2, -0.15) is 0 Å². The predicted molar refractivity (Wildman–Crippen MR) is 75.6 cm³/mol. The number of carbonyl (C=O) groups excluding carboxylic acids is 1. The highest BCUT2D eigenvalue weighted by Gasteiger charge is 2.38. The number of amides is 1. The van der Waals surface area contributed by atoms with E-state index in [1.807, 2.05) is 0 Å². The number of pyridine rings is 1. The maximum atomic E-state index is 13.6. The predicted octanol–water partition coefficient (Wildman–Crippen LogP) is 2.69. The van der Waals surface area contributed by atoms with Crippen molar-refractivity contribution in [2.45, 2.75) is 50.6 Å². The SMILES string of the molecule is C[C@H](NC(=O)[C@H](N)C1CCC(F)(F)CC1)c1ncc(F)cc1F. The Kier molecular flexibility index (Phi) is 5.23. The van der Waals surface area contributed by atoms with Gasteiger partial charge in [-0.15, -0.1) is 0 Å². The number of nitrogens with one attached hydrogen (secondary N) is 1. The number of aromatic nitrogens is 1. The van der Waals surface area contributed by atoms with Crippen LogP contribution < -0.4 is 11.1 Å². The summed E-state index contributed by atoms with van der Waals surface area (Å²) in [5, 5.41) is 2.50. The van der Waals surface area contributed by atoms with Crippen molar-refractivity contribution >= 4 is 5.91 Å². The van der Waals surface area contributed by atoms with E-state index in [1.165, 1.54) is 6.92 Å². The van der Waals surface area contributed by atoms with Crippen molar-refractivity contribution in [2.75, 3.05) is 0 Å². The highest BCUT2D eigenvalue weighted by molar-refractivity contribution is 5.82. The number of halogens is 4. The van der Waals surface area contributed by atoms with Crippen molar-refractivity contribution in [3.05, 3.63) is 29.6 Å². The van der Waals surface area contributed by atoms with Gasteiger partial charge in [0.05, 0.1) is 24.0 Å². The third-order valence-corrected chi connectivity index (χ3v) is 4.18. The van der Waals surface area contributed by atoms with Gasteiger partial charge in [0.15, 0.2) is 0 Å². The molecule has 1 heterocycles. The van der Waals surface area contributed by atoms with E-state index >= 15 is 0 Å². The second kappa shape index (κ2) is 6.82. The van der Waals surface area contributed by atoms with Gasteiger partial charge in [-0.05, 0) is 25.7 Å². The smallest absolute Gasteiger partial charge is 0.248 e. The lowest BCUT2D eigenvalue weighted by molar-refractivity contribution is -0.125. The monoisotopic (exact) mass is 333 g/mol. The molecule has 0 bridgehead atoms. The summed E-state index contributed by atoms with van der Waals surface area (Å²) in [5.74, 6) is -5.28. The molecule has 2 atom stereocenters. The molecule has 1 aliphatic carbocycles. The van der Waals surface area contributed by atoms with Crippen molar-refractivity contribution in [1.29, 1.82) is 0 Å². The van der Waals surface area contributed by atoms with E-state index in [9.17, 15) is 22.4 Å². The lowest BCUT2D eigenvalue weighted by Gasteiger charge is -2.31. The Morgan fingerprint density at radius 3 is 2.57 bits per heavy atom. The molecule has 4 nitrogen and oxygen atoms in total. The van der Waals surface area contributed by atoms with Gasteiger partial charge < -0.3 is 11.1 Å². The van der Waals surface area contributed by atoms with E-state index < -0.39 is 35.5 Å². The number of carbonyl (C=O) groups is 1. The fourth-order valence-electron chi connectivity index (χ4n) is 2.76. The van der Waals surface area contributed by atoms with Crippen LogP contribution >= 0.6 is 0 Å². The van der Waals surface area contributed by atoms with E-state index in [2.05, 4.69) is 10.3 Å². The zero-order chi connectivity index (χ0) is 17.2. The minimum atomic E-state index is -2.69. The van der Waals surface area contributed by atoms with Crippen LogP contribution in [-0.2, 0) is 4.79 Å². The van der Waals surface area contributed by atoms with Crippen molar-refractivity contribution in [3.63, 3.8) is 0 Å². The Morgan fingerprint density at radius 2 is 2.00 bits per heavy atom. The lowest BCUT2D eigenvalue weighted by Crippen LogP contribution is -2.48. The topological polar surface area (TPSA) is 68.0 Å². The zero-order valence-electron chi connectivity index (χ0n) is 12.7. The minimum absolute atomic E-state index is 0.109. The molecule has 0 spiro atoms. The van der Waals surface area contributed by atoms with Gasteiger partial charge in [-0.1, -0.05) is 0 Å². The molecule has 0 aromatic carbocycles. The molecule has 128 valence electrons. The van der Waals surface area contributed by atoms with Crippen molar-refractivity contribution in [2.24, 2.45) is 11.7 Å². The summed E-state index contributed by atoms with van der Waals surface area (Å²) in [5.41, 5.74) is 5.73. The highest BCUT2D eigenvalue weighted by atomic mass is 19.3. The first-order valence-corrected chi connectivity index (χ1v) is 7.44. The van der Waals surface area contributed by atoms with Crippen LogP contribution in [-0.4, -0.2) is 22.9 Å². The third-order valence-electron chi connectivity index (χ3n) is 4.18. The fraction of sp³-hybridized carbons (Fsp3) is 0.600. The molecule has 0 saturated heterocycles. The molecule has 1 amide bonds. The van der Waals surface area contributed by atoms with Crippen LogP contribution in [0.3, 0.4) is 0 Å². The number of nitrogens with zero attached hydrogens (tertiary/aromatic N) is 1. The van der Waals surface area contributed by atoms with Gasteiger partial charge in [0.2, 0.25) is 11.8 Å². The van der Waals surface area contributed by atoms with Crippen LogP contribution in [0.2, 0.25) is 0 Å². The summed E-state index contributed by atoms with van der Waals surface area (Å²) < 4.78 is 52.7. The van der Waals surface area contributed by atoms with Gasteiger partial charge in [0.25, 0.3) is 0 Å². The van der Waals surface area contributed by atoms with Crippen LogP contribution in [0.1, 0.15) is 44.3 Å². The Labute approximate surface area is 131 Å². The molecule has 2 rings (SSSR count).